The summed E-state index contributed by atoms with van der Waals surface area (Å²) < 4.78 is 0. The highest BCUT2D eigenvalue weighted by Crippen LogP contribution is 2.16. The van der Waals surface area contributed by atoms with Crippen molar-refractivity contribution in [3.05, 3.63) is 24.3 Å². The summed E-state index contributed by atoms with van der Waals surface area (Å²) in [7, 11) is 0. The lowest BCUT2D eigenvalue weighted by molar-refractivity contribution is 0.170. The van der Waals surface area contributed by atoms with Crippen LogP contribution in [0.2, 0.25) is 0 Å². The largest absolute Gasteiger partial charge is 0.431 e. The number of benzene rings is 1. The van der Waals surface area contributed by atoms with Crippen LogP contribution in [0.3, 0.4) is 0 Å². The Hall–Kier alpha value is -1.91. The van der Waals surface area contributed by atoms with Gasteiger partial charge < -0.3 is 15.9 Å². The first-order valence-corrected chi connectivity index (χ1v) is 4.79. The van der Waals surface area contributed by atoms with Gasteiger partial charge in [0, 0.05) is 6.54 Å². The molecule has 1 aromatic carbocycles. The molecular weight excluding hydrogens is 194 g/mol. The first-order chi connectivity index (χ1) is 7.24. The van der Waals surface area contributed by atoms with Crippen molar-refractivity contribution in [2.24, 2.45) is 0 Å². The molecule has 5 heteroatoms. The van der Waals surface area contributed by atoms with Crippen LogP contribution in [0.25, 0.3) is 0 Å². The zero-order valence-electron chi connectivity index (χ0n) is 8.62. The highest BCUT2D eigenvalue weighted by atomic mass is 16.7. The van der Waals surface area contributed by atoms with E-state index < -0.39 is 6.09 Å². The molecule has 0 radical (unpaired) electrons. The average molecular weight is 209 g/mol. The standard InChI is InChI=1S/C10H15N3O2/c1-2-7-12-10(14)15-13-9-6-4-3-5-8(9)11/h3-6,13H,2,7,11H2,1H3,(H,12,14). The van der Waals surface area contributed by atoms with E-state index in [9.17, 15) is 4.79 Å². The number of nitrogen functional groups attached to an aromatic ring is 1. The van der Waals surface area contributed by atoms with Crippen molar-refractivity contribution < 1.29 is 9.63 Å². The molecule has 0 saturated carbocycles. The summed E-state index contributed by atoms with van der Waals surface area (Å²) in [6.07, 6.45) is 0.350. The van der Waals surface area contributed by atoms with E-state index in [0.717, 1.165) is 6.42 Å². The van der Waals surface area contributed by atoms with Crippen LogP contribution < -0.4 is 16.5 Å². The molecule has 4 N–H and O–H groups in total. The Morgan fingerprint density at radius 1 is 1.47 bits per heavy atom. The molecule has 1 amide bonds. The molecule has 0 saturated heterocycles. The number of nitrogens with one attached hydrogen (secondary N) is 2. The van der Waals surface area contributed by atoms with Gasteiger partial charge in [0.15, 0.2) is 0 Å². The van der Waals surface area contributed by atoms with E-state index in [1.807, 2.05) is 6.92 Å². The van der Waals surface area contributed by atoms with Crippen LogP contribution in [-0.2, 0) is 4.84 Å². The molecule has 0 aliphatic heterocycles. The molecule has 1 aromatic rings. The zero-order chi connectivity index (χ0) is 11.1. The molecule has 0 heterocycles. The molecule has 1 rings (SSSR count). The summed E-state index contributed by atoms with van der Waals surface area (Å²) in [5.74, 6) is 0. The summed E-state index contributed by atoms with van der Waals surface area (Å²) in [5.41, 5.74) is 9.22. The van der Waals surface area contributed by atoms with Gasteiger partial charge in [0.05, 0.1) is 11.4 Å². The Bertz CT molecular complexity index is 328. The summed E-state index contributed by atoms with van der Waals surface area (Å²) in [4.78, 5) is 15.8. The summed E-state index contributed by atoms with van der Waals surface area (Å²) in [5, 5.41) is 2.56. The fourth-order valence-corrected chi connectivity index (χ4v) is 0.954. The quantitative estimate of drug-likeness (QED) is 0.521. The first-order valence-electron chi connectivity index (χ1n) is 4.79. The van der Waals surface area contributed by atoms with E-state index in [1.54, 1.807) is 24.3 Å². The number of carbonyl (C=O) groups is 1. The number of rotatable bonds is 4. The van der Waals surface area contributed by atoms with Crippen LogP contribution in [0.5, 0.6) is 0 Å². The molecule has 0 unspecified atom stereocenters. The van der Waals surface area contributed by atoms with E-state index in [1.165, 1.54) is 0 Å². The SMILES string of the molecule is CCCNC(=O)ONc1ccccc1N. The average Bonchev–Trinajstić information content (AvgIpc) is 2.25. The Kier molecular flexibility index (Phi) is 4.28. The van der Waals surface area contributed by atoms with Crippen molar-refractivity contribution in [1.29, 1.82) is 0 Å². The predicted molar refractivity (Wildman–Crippen MR) is 59.3 cm³/mol. The fourth-order valence-electron chi connectivity index (χ4n) is 0.954. The Labute approximate surface area is 88.6 Å². The van der Waals surface area contributed by atoms with Gasteiger partial charge in [-0.1, -0.05) is 19.1 Å². The van der Waals surface area contributed by atoms with Gasteiger partial charge in [0.25, 0.3) is 0 Å². The van der Waals surface area contributed by atoms with Crippen molar-refractivity contribution in [3.63, 3.8) is 0 Å². The second-order valence-electron chi connectivity index (χ2n) is 3.01. The molecule has 0 aliphatic carbocycles. The number of anilines is 2. The van der Waals surface area contributed by atoms with Crippen LogP contribution in [0.1, 0.15) is 13.3 Å². The van der Waals surface area contributed by atoms with E-state index in [0.29, 0.717) is 17.9 Å². The molecule has 0 atom stereocenters. The van der Waals surface area contributed by atoms with Crippen LogP contribution in [0, 0.1) is 0 Å². The summed E-state index contributed by atoms with van der Waals surface area (Å²) in [6, 6.07) is 7.04. The lowest BCUT2D eigenvalue weighted by atomic mass is 10.3. The minimum absolute atomic E-state index is 0.514. The van der Waals surface area contributed by atoms with Crippen molar-refractivity contribution >= 4 is 17.5 Å². The van der Waals surface area contributed by atoms with Gasteiger partial charge in [-0.15, -0.1) is 0 Å². The fraction of sp³-hybridized carbons (Fsp3) is 0.300. The topological polar surface area (TPSA) is 76.4 Å². The number of hydrogen-bond donors (Lipinski definition) is 3. The van der Waals surface area contributed by atoms with Gasteiger partial charge in [-0.05, 0) is 18.6 Å². The van der Waals surface area contributed by atoms with Crippen molar-refractivity contribution in [2.75, 3.05) is 17.8 Å². The second-order valence-corrected chi connectivity index (χ2v) is 3.01. The number of para-hydroxylation sites is 2. The van der Waals surface area contributed by atoms with Crippen LogP contribution >= 0.6 is 0 Å². The predicted octanol–water partition coefficient (Wildman–Crippen LogP) is 1.73. The van der Waals surface area contributed by atoms with Crippen LogP contribution in [-0.4, -0.2) is 12.6 Å². The lowest BCUT2D eigenvalue weighted by Crippen LogP contribution is -2.27. The normalized spacial score (nSPS) is 9.40. The molecule has 0 fully saturated rings. The molecular formula is C10H15N3O2. The summed E-state index contributed by atoms with van der Waals surface area (Å²) in [6.45, 7) is 2.55. The highest BCUT2D eigenvalue weighted by molar-refractivity contribution is 5.71. The van der Waals surface area contributed by atoms with E-state index >= 15 is 0 Å². The third-order valence-corrected chi connectivity index (χ3v) is 1.73. The third-order valence-electron chi connectivity index (χ3n) is 1.73. The molecule has 0 bridgehead atoms. The van der Waals surface area contributed by atoms with Crippen LogP contribution in [0.15, 0.2) is 24.3 Å². The Balaban J connectivity index is 2.37. The van der Waals surface area contributed by atoms with Crippen LogP contribution in [0.4, 0.5) is 16.2 Å². The van der Waals surface area contributed by atoms with Gasteiger partial charge in [-0.25, -0.2) is 10.3 Å². The van der Waals surface area contributed by atoms with Gasteiger partial charge in [-0.3, -0.25) is 0 Å². The minimum Gasteiger partial charge on any atom is -0.397 e. The van der Waals surface area contributed by atoms with E-state index in [2.05, 4.69) is 10.8 Å². The van der Waals surface area contributed by atoms with Crippen molar-refractivity contribution in [2.45, 2.75) is 13.3 Å². The highest BCUT2D eigenvalue weighted by Gasteiger charge is 2.02. The van der Waals surface area contributed by atoms with Gasteiger partial charge in [0.1, 0.15) is 0 Å². The number of hydrogen-bond acceptors (Lipinski definition) is 4. The molecule has 5 nitrogen and oxygen atoms in total. The maximum Gasteiger partial charge on any atom is 0.431 e. The van der Waals surface area contributed by atoms with Gasteiger partial charge in [0.2, 0.25) is 0 Å². The monoisotopic (exact) mass is 209 g/mol. The van der Waals surface area contributed by atoms with Gasteiger partial charge >= 0.3 is 6.09 Å². The lowest BCUT2D eigenvalue weighted by Gasteiger charge is -2.09. The summed E-state index contributed by atoms with van der Waals surface area (Å²) >= 11 is 0. The molecule has 82 valence electrons. The van der Waals surface area contributed by atoms with Gasteiger partial charge in [-0.2, -0.15) is 0 Å². The minimum atomic E-state index is -0.514. The maximum absolute atomic E-state index is 11.0. The zero-order valence-corrected chi connectivity index (χ0v) is 8.62. The Morgan fingerprint density at radius 3 is 2.87 bits per heavy atom. The molecule has 0 aliphatic rings. The number of nitrogens with two attached hydrogens (primary N) is 1. The molecule has 0 spiro atoms. The number of amides is 1. The number of carbonyl (C=O) groups excluding carboxylic acids is 1. The molecule has 15 heavy (non-hydrogen) atoms. The van der Waals surface area contributed by atoms with E-state index in [-0.39, 0.29) is 0 Å². The second kappa shape index (κ2) is 5.74. The maximum atomic E-state index is 11.0. The van der Waals surface area contributed by atoms with E-state index in [4.69, 9.17) is 10.6 Å². The van der Waals surface area contributed by atoms with Crippen molar-refractivity contribution in [1.82, 2.24) is 5.32 Å². The van der Waals surface area contributed by atoms with Crippen molar-refractivity contribution in [3.8, 4) is 0 Å². The first kappa shape index (κ1) is 11.2. The Morgan fingerprint density at radius 2 is 2.20 bits per heavy atom. The smallest absolute Gasteiger partial charge is 0.397 e. The molecule has 0 aromatic heterocycles. The third kappa shape index (κ3) is 3.76.